The fourth-order valence-electron chi connectivity index (χ4n) is 1.80. The molecule has 3 rings (SSSR count). The summed E-state index contributed by atoms with van der Waals surface area (Å²) >= 11 is 5.95. The summed E-state index contributed by atoms with van der Waals surface area (Å²) in [5.41, 5.74) is 1.35. The highest BCUT2D eigenvalue weighted by Crippen LogP contribution is 2.22. The van der Waals surface area contributed by atoms with Gasteiger partial charge in [0.05, 0.1) is 11.8 Å². The Balaban J connectivity index is 1.87. The Morgan fingerprint density at radius 1 is 1.43 bits per heavy atom. The van der Waals surface area contributed by atoms with Crippen LogP contribution in [0.3, 0.4) is 0 Å². The van der Waals surface area contributed by atoms with Crippen molar-refractivity contribution < 1.29 is 8.91 Å². The van der Waals surface area contributed by atoms with Crippen LogP contribution in [0.15, 0.2) is 28.9 Å². The van der Waals surface area contributed by atoms with E-state index in [9.17, 15) is 4.39 Å². The maximum absolute atomic E-state index is 13.0. The normalized spacial score (nSPS) is 10.5. The van der Waals surface area contributed by atoms with Crippen LogP contribution < -0.4 is 0 Å². The quantitative estimate of drug-likeness (QED) is 0.803. The molecule has 0 saturated carbocycles. The van der Waals surface area contributed by atoms with E-state index in [1.807, 2.05) is 6.07 Å². The second-order valence-electron chi connectivity index (χ2n) is 4.20. The predicted molar refractivity (Wildman–Crippen MR) is 70.8 cm³/mol. The van der Waals surface area contributed by atoms with Gasteiger partial charge in [0.25, 0.3) is 5.89 Å². The van der Waals surface area contributed by atoms with E-state index in [0.717, 1.165) is 0 Å². The number of nitriles is 1. The summed E-state index contributed by atoms with van der Waals surface area (Å²) < 4.78 is 18.1. The van der Waals surface area contributed by atoms with E-state index in [1.54, 1.807) is 6.07 Å². The highest BCUT2D eigenvalue weighted by molar-refractivity contribution is 6.31. The van der Waals surface area contributed by atoms with Crippen LogP contribution in [0.1, 0.15) is 17.1 Å². The fourth-order valence-corrected chi connectivity index (χ4v) is 2.04. The number of rotatable bonds is 3. The molecular weight excluding hydrogens is 297 g/mol. The summed E-state index contributed by atoms with van der Waals surface area (Å²) in [6.07, 6.45) is 1.73. The van der Waals surface area contributed by atoms with Crippen molar-refractivity contribution in [1.82, 2.24) is 20.3 Å². The summed E-state index contributed by atoms with van der Waals surface area (Å²) in [5.74, 6) is 0.159. The van der Waals surface area contributed by atoms with E-state index in [4.69, 9.17) is 21.4 Å². The number of aromatic amines is 1. The van der Waals surface area contributed by atoms with Gasteiger partial charge < -0.3 is 4.52 Å². The molecule has 6 nitrogen and oxygen atoms in total. The number of aromatic nitrogens is 4. The molecule has 0 aliphatic heterocycles. The van der Waals surface area contributed by atoms with Crippen LogP contribution in [-0.4, -0.2) is 20.3 Å². The molecule has 21 heavy (non-hydrogen) atoms. The average molecular weight is 304 g/mol. The van der Waals surface area contributed by atoms with Gasteiger partial charge in [0, 0.05) is 11.4 Å². The SMILES string of the molecule is N#Cc1[nH]ncc1-c1nc(Cc2ccc(F)cc2Cl)no1. The van der Waals surface area contributed by atoms with E-state index >= 15 is 0 Å². The minimum atomic E-state index is -0.408. The Bertz CT molecular complexity index is 835. The van der Waals surface area contributed by atoms with Gasteiger partial charge in [-0.1, -0.05) is 22.8 Å². The summed E-state index contributed by atoms with van der Waals surface area (Å²) in [4.78, 5) is 4.18. The number of benzene rings is 1. The predicted octanol–water partition coefficient (Wildman–Crippen LogP) is 2.71. The molecule has 2 aromatic heterocycles. The van der Waals surface area contributed by atoms with Gasteiger partial charge in [-0.25, -0.2) is 4.39 Å². The minimum Gasteiger partial charge on any atom is -0.334 e. The summed E-state index contributed by atoms with van der Waals surface area (Å²) in [7, 11) is 0. The van der Waals surface area contributed by atoms with Gasteiger partial charge in [-0.2, -0.15) is 15.3 Å². The van der Waals surface area contributed by atoms with Crippen molar-refractivity contribution in [3.63, 3.8) is 0 Å². The van der Waals surface area contributed by atoms with Crippen LogP contribution >= 0.6 is 11.6 Å². The van der Waals surface area contributed by atoms with Gasteiger partial charge in [-0.3, -0.25) is 5.10 Å². The average Bonchev–Trinajstić information content (AvgIpc) is 3.10. The summed E-state index contributed by atoms with van der Waals surface area (Å²) in [5, 5.41) is 19.3. The first-order valence-electron chi connectivity index (χ1n) is 5.87. The van der Waals surface area contributed by atoms with Crippen LogP contribution in [0.2, 0.25) is 5.02 Å². The summed E-state index contributed by atoms with van der Waals surface area (Å²) in [6.45, 7) is 0. The molecule has 0 atom stereocenters. The number of halogens is 2. The lowest BCUT2D eigenvalue weighted by atomic mass is 10.1. The standard InChI is InChI=1S/C13H7ClFN5O/c14-10-4-8(15)2-1-7(10)3-12-18-13(21-20-12)9-6-17-19-11(9)5-16/h1-2,4,6H,3H2,(H,17,19). The Kier molecular flexibility index (Phi) is 3.38. The molecule has 8 heteroatoms. The molecule has 2 heterocycles. The number of hydrogen-bond acceptors (Lipinski definition) is 5. The van der Waals surface area contributed by atoms with Crippen LogP contribution in [-0.2, 0) is 6.42 Å². The molecule has 1 aromatic carbocycles. The van der Waals surface area contributed by atoms with Gasteiger partial charge in [-0.05, 0) is 17.7 Å². The zero-order chi connectivity index (χ0) is 14.8. The molecule has 1 N–H and O–H groups in total. The number of nitrogens with zero attached hydrogens (tertiary/aromatic N) is 4. The second kappa shape index (κ2) is 5.34. The molecule has 0 unspecified atom stereocenters. The monoisotopic (exact) mass is 303 g/mol. The number of nitrogens with one attached hydrogen (secondary N) is 1. The van der Waals surface area contributed by atoms with Gasteiger partial charge >= 0.3 is 0 Å². The minimum absolute atomic E-state index is 0.188. The molecule has 3 aromatic rings. The lowest BCUT2D eigenvalue weighted by Crippen LogP contribution is -1.92. The van der Waals surface area contributed by atoms with Crippen molar-refractivity contribution in [1.29, 1.82) is 5.26 Å². The molecule has 0 radical (unpaired) electrons. The molecule has 0 spiro atoms. The van der Waals surface area contributed by atoms with Crippen LogP contribution in [0.5, 0.6) is 0 Å². The highest BCUT2D eigenvalue weighted by Gasteiger charge is 2.15. The maximum Gasteiger partial charge on any atom is 0.262 e. The summed E-state index contributed by atoms with van der Waals surface area (Å²) in [6, 6.07) is 6.04. The molecule has 0 aliphatic rings. The third-order valence-corrected chi connectivity index (χ3v) is 3.17. The Labute approximate surface area is 123 Å². The number of H-pyrrole nitrogens is 1. The van der Waals surface area contributed by atoms with E-state index < -0.39 is 5.82 Å². The Hall–Kier alpha value is -2.72. The molecule has 0 fully saturated rings. The van der Waals surface area contributed by atoms with E-state index in [2.05, 4.69) is 20.3 Å². The van der Waals surface area contributed by atoms with E-state index in [0.29, 0.717) is 28.4 Å². The first-order valence-corrected chi connectivity index (χ1v) is 6.25. The van der Waals surface area contributed by atoms with Crippen molar-refractivity contribution in [2.75, 3.05) is 0 Å². The highest BCUT2D eigenvalue weighted by atomic mass is 35.5. The lowest BCUT2D eigenvalue weighted by molar-refractivity contribution is 0.424. The van der Waals surface area contributed by atoms with Gasteiger partial charge in [0.2, 0.25) is 0 Å². The van der Waals surface area contributed by atoms with Crippen molar-refractivity contribution in [2.24, 2.45) is 0 Å². The van der Waals surface area contributed by atoms with Gasteiger partial charge in [-0.15, -0.1) is 0 Å². The molecule has 0 amide bonds. The van der Waals surface area contributed by atoms with E-state index in [-0.39, 0.29) is 11.6 Å². The third-order valence-electron chi connectivity index (χ3n) is 2.81. The van der Waals surface area contributed by atoms with Crippen LogP contribution in [0.25, 0.3) is 11.5 Å². The Morgan fingerprint density at radius 3 is 3.05 bits per heavy atom. The third kappa shape index (κ3) is 2.61. The first-order chi connectivity index (χ1) is 10.2. The zero-order valence-corrected chi connectivity index (χ0v) is 11.2. The second-order valence-corrected chi connectivity index (χ2v) is 4.61. The lowest BCUT2D eigenvalue weighted by Gasteiger charge is -2.00. The van der Waals surface area contributed by atoms with Gasteiger partial charge in [0.15, 0.2) is 5.82 Å². The molecule has 0 saturated heterocycles. The van der Waals surface area contributed by atoms with Crippen molar-refractivity contribution in [3.8, 4) is 17.5 Å². The first kappa shape index (κ1) is 13.3. The molecule has 0 bridgehead atoms. The van der Waals surface area contributed by atoms with Crippen molar-refractivity contribution in [3.05, 3.63) is 52.3 Å². The van der Waals surface area contributed by atoms with Crippen LogP contribution in [0.4, 0.5) is 4.39 Å². The van der Waals surface area contributed by atoms with Gasteiger partial charge in [0.1, 0.15) is 17.6 Å². The molecule has 0 aliphatic carbocycles. The Morgan fingerprint density at radius 2 is 2.29 bits per heavy atom. The molecular formula is C13H7ClFN5O. The van der Waals surface area contributed by atoms with Crippen LogP contribution in [0, 0.1) is 17.1 Å². The fraction of sp³-hybridized carbons (Fsp3) is 0.0769. The zero-order valence-electron chi connectivity index (χ0n) is 10.5. The topological polar surface area (TPSA) is 91.4 Å². The van der Waals surface area contributed by atoms with Crippen molar-refractivity contribution >= 4 is 11.6 Å². The smallest absolute Gasteiger partial charge is 0.262 e. The molecule has 104 valence electrons. The largest absolute Gasteiger partial charge is 0.334 e. The maximum atomic E-state index is 13.0. The van der Waals surface area contributed by atoms with E-state index in [1.165, 1.54) is 18.3 Å². The number of hydrogen-bond donors (Lipinski definition) is 1. The van der Waals surface area contributed by atoms with Crippen molar-refractivity contribution in [2.45, 2.75) is 6.42 Å².